The molecule has 2 heterocycles. The van der Waals surface area contributed by atoms with Gasteiger partial charge in [-0.3, -0.25) is 4.79 Å². The van der Waals surface area contributed by atoms with Gasteiger partial charge in [-0.2, -0.15) is 0 Å². The van der Waals surface area contributed by atoms with Crippen molar-refractivity contribution in [2.24, 2.45) is 22.7 Å². The molecule has 2 aliphatic carbocycles. The normalized spacial score (nSPS) is 56.3. The molecule has 4 heteroatoms. The Balaban J connectivity index is 1.72. The van der Waals surface area contributed by atoms with Gasteiger partial charge in [-0.05, 0) is 44.4 Å². The number of epoxide rings is 1. The third kappa shape index (κ3) is 2.12. The Morgan fingerprint density at radius 1 is 1.08 bits per heavy atom. The maximum absolute atomic E-state index is 12.5. The van der Waals surface area contributed by atoms with Crippen molar-refractivity contribution >= 4 is 5.78 Å². The Labute approximate surface area is 145 Å². The highest BCUT2D eigenvalue weighted by molar-refractivity contribution is 5.85. The Hall–Kier alpha value is -0.450. The standard InChI is InChI=1S/C20H32O4/c1-17(2)13-6-9-19(4)16(18(13,3)8-7-14(17)22)12(21)10-20(5,24-19)15-11-23-15/h12-13,15-16,21H,6-11H2,1-5H3/t12-,13+,15-,16-,18+,19-,20+/m0/s1. The number of fused-ring (bicyclic) bond motifs is 3. The van der Waals surface area contributed by atoms with E-state index in [-0.39, 0.29) is 34.1 Å². The van der Waals surface area contributed by atoms with E-state index < -0.39 is 6.10 Å². The first-order valence-electron chi connectivity index (χ1n) is 9.56. The predicted molar refractivity (Wildman–Crippen MR) is 90.6 cm³/mol. The molecule has 2 saturated carbocycles. The van der Waals surface area contributed by atoms with Crippen LogP contribution < -0.4 is 0 Å². The van der Waals surface area contributed by atoms with Crippen molar-refractivity contribution in [3.63, 3.8) is 0 Å². The van der Waals surface area contributed by atoms with Gasteiger partial charge in [0.25, 0.3) is 0 Å². The molecule has 4 fully saturated rings. The fourth-order valence-corrected chi connectivity index (χ4v) is 6.91. The van der Waals surface area contributed by atoms with Gasteiger partial charge in [-0.15, -0.1) is 0 Å². The van der Waals surface area contributed by atoms with Crippen LogP contribution in [0.5, 0.6) is 0 Å². The molecule has 4 nitrogen and oxygen atoms in total. The highest BCUT2D eigenvalue weighted by Crippen LogP contribution is 2.65. The quantitative estimate of drug-likeness (QED) is 0.748. The van der Waals surface area contributed by atoms with Crippen LogP contribution in [0, 0.1) is 22.7 Å². The highest BCUT2D eigenvalue weighted by Gasteiger charge is 2.67. The molecule has 0 unspecified atom stereocenters. The lowest BCUT2D eigenvalue weighted by atomic mass is 9.43. The lowest BCUT2D eigenvalue weighted by Gasteiger charge is -2.65. The van der Waals surface area contributed by atoms with Gasteiger partial charge in [-0.1, -0.05) is 20.8 Å². The van der Waals surface area contributed by atoms with Crippen LogP contribution in [0.15, 0.2) is 0 Å². The SMILES string of the molecule is CC1(C)C(=O)CC[C@]2(C)[C@@H]1CC[C@]1(C)O[C@@](C)([C@@H]3CO3)C[C@H](O)[C@@H]21. The number of hydrogen-bond donors (Lipinski definition) is 1. The summed E-state index contributed by atoms with van der Waals surface area (Å²) >= 11 is 0. The van der Waals surface area contributed by atoms with E-state index in [0.717, 1.165) is 25.9 Å². The third-order valence-electron chi connectivity index (χ3n) is 8.05. The number of carbonyl (C=O) groups is 1. The summed E-state index contributed by atoms with van der Waals surface area (Å²) in [6, 6.07) is 0. The minimum Gasteiger partial charge on any atom is -0.393 e. The van der Waals surface area contributed by atoms with Crippen molar-refractivity contribution in [1.82, 2.24) is 0 Å². The first-order chi connectivity index (χ1) is 11.0. The molecule has 0 aromatic rings. The number of carbonyl (C=O) groups excluding carboxylic acids is 1. The molecule has 2 saturated heterocycles. The van der Waals surface area contributed by atoms with E-state index in [1.165, 1.54) is 0 Å². The Bertz CT molecular complexity index is 568. The molecule has 136 valence electrons. The maximum Gasteiger partial charge on any atom is 0.138 e. The fraction of sp³-hybridized carbons (Fsp3) is 0.950. The summed E-state index contributed by atoms with van der Waals surface area (Å²) in [6.07, 6.45) is 3.77. The zero-order chi connectivity index (χ0) is 17.5. The van der Waals surface area contributed by atoms with E-state index in [9.17, 15) is 9.90 Å². The number of aliphatic hydroxyl groups excluding tert-OH is 1. The summed E-state index contributed by atoms with van der Waals surface area (Å²) < 4.78 is 12.2. The molecule has 2 aliphatic heterocycles. The summed E-state index contributed by atoms with van der Waals surface area (Å²) in [4.78, 5) is 12.5. The van der Waals surface area contributed by atoms with Gasteiger partial charge >= 0.3 is 0 Å². The summed E-state index contributed by atoms with van der Waals surface area (Å²) in [5, 5.41) is 11.2. The second kappa shape index (κ2) is 4.83. The van der Waals surface area contributed by atoms with Crippen LogP contribution in [-0.4, -0.2) is 40.9 Å². The van der Waals surface area contributed by atoms with E-state index in [4.69, 9.17) is 9.47 Å². The predicted octanol–water partition coefficient (Wildman–Crippen LogP) is 3.11. The molecule has 0 amide bonds. The van der Waals surface area contributed by atoms with Crippen molar-refractivity contribution < 1.29 is 19.4 Å². The Kier molecular flexibility index (Phi) is 3.42. The Morgan fingerprint density at radius 2 is 1.75 bits per heavy atom. The molecular formula is C20H32O4. The maximum atomic E-state index is 12.5. The molecular weight excluding hydrogens is 304 g/mol. The van der Waals surface area contributed by atoms with Crippen LogP contribution in [0.3, 0.4) is 0 Å². The minimum absolute atomic E-state index is 0.0461. The molecule has 7 atom stereocenters. The molecule has 0 aromatic heterocycles. The van der Waals surface area contributed by atoms with Crippen LogP contribution >= 0.6 is 0 Å². The molecule has 4 rings (SSSR count). The number of rotatable bonds is 1. The summed E-state index contributed by atoms with van der Waals surface area (Å²) in [6.45, 7) is 11.5. The molecule has 4 aliphatic rings. The smallest absolute Gasteiger partial charge is 0.138 e. The average molecular weight is 336 g/mol. The second-order valence-electron chi connectivity index (χ2n) is 10.0. The monoisotopic (exact) mass is 336 g/mol. The lowest BCUT2D eigenvalue weighted by Crippen LogP contribution is -2.68. The molecule has 0 bridgehead atoms. The van der Waals surface area contributed by atoms with Gasteiger partial charge < -0.3 is 14.6 Å². The van der Waals surface area contributed by atoms with E-state index in [2.05, 4.69) is 34.6 Å². The zero-order valence-electron chi connectivity index (χ0n) is 15.7. The minimum atomic E-state index is -0.394. The van der Waals surface area contributed by atoms with Gasteiger partial charge in [0.05, 0.1) is 23.9 Å². The van der Waals surface area contributed by atoms with Crippen molar-refractivity contribution in [2.75, 3.05) is 6.61 Å². The highest BCUT2D eigenvalue weighted by atomic mass is 16.6. The van der Waals surface area contributed by atoms with Gasteiger partial charge in [-0.25, -0.2) is 0 Å². The first-order valence-corrected chi connectivity index (χ1v) is 9.56. The first kappa shape index (κ1) is 17.0. The summed E-state index contributed by atoms with van der Waals surface area (Å²) in [5.41, 5.74) is -1.06. The van der Waals surface area contributed by atoms with Crippen LogP contribution in [-0.2, 0) is 14.3 Å². The van der Waals surface area contributed by atoms with Gasteiger partial charge in [0.1, 0.15) is 11.9 Å². The Morgan fingerprint density at radius 3 is 2.38 bits per heavy atom. The van der Waals surface area contributed by atoms with Crippen LogP contribution in [0.2, 0.25) is 0 Å². The summed E-state index contributed by atoms with van der Waals surface area (Å²) in [7, 11) is 0. The van der Waals surface area contributed by atoms with E-state index in [1.54, 1.807) is 0 Å². The number of ether oxygens (including phenoxy) is 2. The number of aliphatic hydroxyl groups is 1. The van der Waals surface area contributed by atoms with Crippen LogP contribution in [0.1, 0.15) is 66.7 Å². The molecule has 1 N–H and O–H groups in total. The van der Waals surface area contributed by atoms with Crippen LogP contribution in [0.25, 0.3) is 0 Å². The van der Waals surface area contributed by atoms with Gasteiger partial charge in [0, 0.05) is 24.2 Å². The molecule has 0 aromatic carbocycles. The number of ketones is 1. The van der Waals surface area contributed by atoms with E-state index >= 15 is 0 Å². The molecule has 24 heavy (non-hydrogen) atoms. The van der Waals surface area contributed by atoms with Gasteiger partial charge in [0.15, 0.2) is 0 Å². The number of Topliss-reactive ketones (excluding diaryl/α,β-unsaturated/α-hetero) is 1. The van der Waals surface area contributed by atoms with Crippen molar-refractivity contribution in [2.45, 2.75) is 90.1 Å². The second-order valence-corrected chi connectivity index (χ2v) is 10.0. The molecule has 0 radical (unpaired) electrons. The largest absolute Gasteiger partial charge is 0.393 e. The molecule has 0 spiro atoms. The fourth-order valence-electron chi connectivity index (χ4n) is 6.91. The average Bonchev–Trinajstić information content (AvgIpc) is 3.26. The van der Waals surface area contributed by atoms with E-state index in [0.29, 0.717) is 24.5 Å². The lowest BCUT2D eigenvalue weighted by molar-refractivity contribution is -0.295. The van der Waals surface area contributed by atoms with Gasteiger partial charge in [0.2, 0.25) is 0 Å². The van der Waals surface area contributed by atoms with Crippen LogP contribution in [0.4, 0.5) is 0 Å². The van der Waals surface area contributed by atoms with Crippen molar-refractivity contribution in [3.8, 4) is 0 Å². The number of hydrogen-bond acceptors (Lipinski definition) is 4. The topological polar surface area (TPSA) is 59.1 Å². The summed E-state index contributed by atoms with van der Waals surface area (Å²) in [5.74, 6) is 0.795. The third-order valence-corrected chi connectivity index (χ3v) is 8.05. The zero-order valence-corrected chi connectivity index (χ0v) is 15.7. The van der Waals surface area contributed by atoms with E-state index in [1.807, 2.05) is 0 Å². The van der Waals surface area contributed by atoms with Crippen molar-refractivity contribution in [3.05, 3.63) is 0 Å². The van der Waals surface area contributed by atoms with Crippen molar-refractivity contribution in [1.29, 1.82) is 0 Å².